The average Bonchev–Trinajstić information content (AvgIpc) is 2.65. The highest BCUT2D eigenvalue weighted by Gasteiger charge is 2.27. The van der Waals surface area contributed by atoms with Crippen LogP contribution in [0.5, 0.6) is 0 Å². The predicted octanol–water partition coefficient (Wildman–Crippen LogP) is 0.531. The molecule has 1 aromatic rings. The van der Waals surface area contributed by atoms with Crippen molar-refractivity contribution in [1.29, 1.82) is 0 Å². The lowest BCUT2D eigenvalue weighted by molar-refractivity contribution is -0.177. The summed E-state index contributed by atoms with van der Waals surface area (Å²) in [7, 11) is 0. The molecule has 0 unspecified atom stereocenters. The average molecular weight is 255 g/mol. The Morgan fingerprint density at radius 1 is 1.47 bits per heavy atom. The van der Waals surface area contributed by atoms with E-state index in [-0.39, 0.29) is 24.7 Å². The van der Waals surface area contributed by atoms with Crippen molar-refractivity contribution in [2.45, 2.75) is 25.3 Å². The van der Waals surface area contributed by atoms with Gasteiger partial charge in [-0.1, -0.05) is 5.16 Å². The molecular formula is C8H12F3N3O3. The van der Waals surface area contributed by atoms with Gasteiger partial charge in [-0.25, -0.2) is 0 Å². The Labute approximate surface area is 94.6 Å². The molecule has 17 heavy (non-hydrogen) atoms. The number of nitrogens with zero attached hydrogens (tertiary/aromatic N) is 2. The van der Waals surface area contributed by atoms with Gasteiger partial charge >= 0.3 is 6.18 Å². The fourth-order valence-corrected chi connectivity index (χ4v) is 1.00. The van der Waals surface area contributed by atoms with Gasteiger partial charge in [0.15, 0.2) is 5.82 Å². The third-order valence-corrected chi connectivity index (χ3v) is 1.71. The molecular weight excluding hydrogens is 243 g/mol. The molecule has 0 spiro atoms. The molecule has 0 amide bonds. The van der Waals surface area contributed by atoms with Gasteiger partial charge in [-0.3, -0.25) is 0 Å². The summed E-state index contributed by atoms with van der Waals surface area (Å²) in [5.74, 6) is -0.138. The van der Waals surface area contributed by atoms with E-state index in [2.05, 4.69) is 19.4 Å². The van der Waals surface area contributed by atoms with Crippen molar-refractivity contribution in [3.05, 3.63) is 11.7 Å². The van der Waals surface area contributed by atoms with Crippen LogP contribution in [0.15, 0.2) is 4.52 Å². The summed E-state index contributed by atoms with van der Waals surface area (Å²) in [6.45, 7) is -1.59. The van der Waals surface area contributed by atoms with Crippen LogP contribution in [0.25, 0.3) is 0 Å². The molecule has 0 aliphatic rings. The van der Waals surface area contributed by atoms with E-state index < -0.39 is 25.5 Å². The summed E-state index contributed by atoms with van der Waals surface area (Å²) >= 11 is 0. The standard InChI is InChI=1S/C8H12F3N3O3/c9-8(10,11)4-16-3-6-13-7(17-14-6)5(15)1-2-12/h5,15H,1-4,12H2/t5-/m0/s1. The van der Waals surface area contributed by atoms with Crippen molar-refractivity contribution in [1.82, 2.24) is 10.1 Å². The molecule has 0 radical (unpaired) electrons. The van der Waals surface area contributed by atoms with Crippen LogP contribution in [0.4, 0.5) is 13.2 Å². The number of hydrogen-bond acceptors (Lipinski definition) is 6. The minimum absolute atomic E-state index is 0.0553. The predicted molar refractivity (Wildman–Crippen MR) is 48.6 cm³/mol. The minimum atomic E-state index is -4.40. The number of aromatic nitrogens is 2. The maximum atomic E-state index is 11.7. The first kappa shape index (κ1) is 13.9. The zero-order chi connectivity index (χ0) is 12.9. The summed E-state index contributed by atoms with van der Waals surface area (Å²) in [6.07, 6.45) is -5.18. The molecule has 1 aromatic heterocycles. The van der Waals surface area contributed by atoms with Gasteiger partial charge in [-0.05, 0) is 13.0 Å². The van der Waals surface area contributed by atoms with Crippen LogP contribution >= 0.6 is 0 Å². The molecule has 1 rings (SSSR count). The highest BCUT2D eigenvalue weighted by molar-refractivity contribution is 4.88. The Balaban J connectivity index is 2.40. The summed E-state index contributed by atoms with van der Waals surface area (Å²) in [4.78, 5) is 3.67. The Hall–Kier alpha value is -1.19. The van der Waals surface area contributed by atoms with Gasteiger partial charge in [-0.15, -0.1) is 0 Å². The Kier molecular flexibility index (Phi) is 4.85. The van der Waals surface area contributed by atoms with Gasteiger partial charge in [0.05, 0.1) is 0 Å². The molecule has 9 heteroatoms. The lowest BCUT2D eigenvalue weighted by Crippen LogP contribution is -2.17. The molecule has 0 aromatic carbocycles. The van der Waals surface area contributed by atoms with E-state index in [4.69, 9.17) is 5.73 Å². The Morgan fingerprint density at radius 2 is 2.18 bits per heavy atom. The molecule has 0 saturated carbocycles. The molecule has 6 nitrogen and oxygen atoms in total. The van der Waals surface area contributed by atoms with E-state index in [0.717, 1.165) is 0 Å². The third-order valence-electron chi connectivity index (χ3n) is 1.71. The van der Waals surface area contributed by atoms with E-state index in [1.807, 2.05) is 0 Å². The van der Waals surface area contributed by atoms with Crippen LogP contribution in [0, 0.1) is 0 Å². The zero-order valence-corrected chi connectivity index (χ0v) is 8.78. The number of aliphatic hydroxyl groups is 1. The summed E-state index contributed by atoms with van der Waals surface area (Å²) in [5.41, 5.74) is 5.20. The quantitative estimate of drug-likeness (QED) is 0.770. The van der Waals surface area contributed by atoms with Gasteiger partial charge in [0.25, 0.3) is 5.89 Å². The number of nitrogens with two attached hydrogens (primary N) is 1. The van der Waals surface area contributed by atoms with Gasteiger partial charge in [-0.2, -0.15) is 18.2 Å². The Bertz CT molecular complexity index is 342. The highest BCUT2D eigenvalue weighted by Crippen LogP contribution is 2.16. The number of aliphatic hydroxyl groups excluding tert-OH is 1. The van der Waals surface area contributed by atoms with Crippen LogP contribution in [-0.4, -0.2) is 34.6 Å². The second-order valence-corrected chi connectivity index (χ2v) is 3.25. The maximum absolute atomic E-state index is 11.7. The van der Waals surface area contributed by atoms with Crippen molar-refractivity contribution in [3.8, 4) is 0 Å². The maximum Gasteiger partial charge on any atom is 0.411 e. The zero-order valence-electron chi connectivity index (χ0n) is 8.78. The van der Waals surface area contributed by atoms with Gasteiger partial charge < -0.3 is 20.1 Å². The molecule has 1 heterocycles. The normalized spacial score (nSPS) is 13.9. The van der Waals surface area contributed by atoms with Crippen LogP contribution in [0.2, 0.25) is 0 Å². The molecule has 0 aliphatic carbocycles. The van der Waals surface area contributed by atoms with Crippen LogP contribution in [0.3, 0.4) is 0 Å². The topological polar surface area (TPSA) is 94.4 Å². The van der Waals surface area contributed by atoms with Crippen molar-refractivity contribution in [2.75, 3.05) is 13.2 Å². The fourth-order valence-electron chi connectivity index (χ4n) is 1.00. The van der Waals surface area contributed by atoms with E-state index >= 15 is 0 Å². The number of alkyl halides is 3. The summed E-state index contributed by atoms with van der Waals surface area (Å²) in [5, 5.41) is 12.8. The summed E-state index contributed by atoms with van der Waals surface area (Å²) < 4.78 is 44.2. The van der Waals surface area contributed by atoms with Gasteiger partial charge in [0.2, 0.25) is 0 Å². The molecule has 0 aliphatic heterocycles. The molecule has 1 atom stereocenters. The van der Waals surface area contributed by atoms with E-state index in [1.54, 1.807) is 0 Å². The minimum Gasteiger partial charge on any atom is -0.383 e. The number of hydrogen-bond donors (Lipinski definition) is 2. The highest BCUT2D eigenvalue weighted by atomic mass is 19.4. The van der Waals surface area contributed by atoms with Crippen LogP contribution < -0.4 is 5.73 Å². The smallest absolute Gasteiger partial charge is 0.383 e. The van der Waals surface area contributed by atoms with Gasteiger partial charge in [0, 0.05) is 0 Å². The third kappa shape index (κ3) is 5.11. The number of rotatable bonds is 6. The lowest BCUT2D eigenvalue weighted by atomic mass is 10.2. The molecule has 0 fully saturated rings. The largest absolute Gasteiger partial charge is 0.411 e. The van der Waals surface area contributed by atoms with E-state index in [1.165, 1.54) is 0 Å². The SMILES string of the molecule is NCC[C@H](O)c1nc(COCC(F)(F)F)no1. The molecule has 3 N–H and O–H groups in total. The van der Waals surface area contributed by atoms with Gasteiger partial charge in [0.1, 0.15) is 19.3 Å². The molecule has 98 valence electrons. The second kappa shape index (κ2) is 5.94. The monoisotopic (exact) mass is 255 g/mol. The first-order valence-electron chi connectivity index (χ1n) is 4.77. The van der Waals surface area contributed by atoms with Crippen molar-refractivity contribution in [3.63, 3.8) is 0 Å². The van der Waals surface area contributed by atoms with Crippen LogP contribution in [0.1, 0.15) is 24.2 Å². The second-order valence-electron chi connectivity index (χ2n) is 3.25. The lowest BCUT2D eigenvalue weighted by Gasteiger charge is -2.04. The fraction of sp³-hybridized carbons (Fsp3) is 0.750. The Morgan fingerprint density at radius 3 is 2.76 bits per heavy atom. The first-order valence-corrected chi connectivity index (χ1v) is 4.77. The number of halogens is 3. The van der Waals surface area contributed by atoms with Crippen LogP contribution in [-0.2, 0) is 11.3 Å². The first-order chi connectivity index (χ1) is 7.92. The summed E-state index contributed by atoms with van der Waals surface area (Å²) in [6, 6.07) is 0. The molecule has 0 saturated heterocycles. The van der Waals surface area contributed by atoms with E-state index in [0.29, 0.717) is 0 Å². The van der Waals surface area contributed by atoms with E-state index in [9.17, 15) is 18.3 Å². The van der Waals surface area contributed by atoms with Crippen molar-refractivity contribution in [2.24, 2.45) is 5.73 Å². The van der Waals surface area contributed by atoms with Crippen molar-refractivity contribution >= 4 is 0 Å². The molecule has 0 bridgehead atoms. The number of ether oxygens (including phenoxy) is 1. The van der Waals surface area contributed by atoms with Crippen molar-refractivity contribution < 1.29 is 27.5 Å².